The standard InChI is InChI=1S/C7H7NO2.2ClH/c9-7(10)4-6-2-1-3-8-5-6;;/h1-3,5H,4H2,(H,9,10);2*1H. The average molecular weight is 210 g/mol. The maximum absolute atomic E-state index is 10.1. The summed E-state index contributed by atoms with van der Waals surface area (Å²) in [4.78, 5) is 13.9. The molecule has 0 spiro atoms. The lowest BCUT2D eigenvalue weighted by molar-refractivity contribution is -0.136. The first-order valence-electron chi connectivity index (χ1n) is 2.90. The van der Waals surface area contributed by atoms with Gasteiger partial charge >= 0.3 is 5.97 Å². The fourth-order valence-corrected chi connectivity index (χ4v) is 0.677. The van der Waals surface area contributed by atoms with Gasteiger partial charge in [0, 0.05) is 12.4 Å². The van der Waals surface area contributed by atoms with E-state index in [1.165, 1.54) is 0 Å². The molecule has 68 valence electrons. The number of aliphatic carboxylic acids is 1. The molecule has 0 saturated heterocycles. The fourth-order valence-electron chi connectivity index (χ4n) is 0.677. The zero-order valence-corrected chi connectivity index (χ0v) is 7.77. The van der Waals surface area contributed by atoms with Crippen LogP contribution in [0.4, 0.5) is 0 Å². The molecule has 0 unspecified atom stereocenters. The van der Waals surface area contributed by atoms with Crippen molar-refractivity contribution < 1.29 is 9.90 Å². The van der Waals surface area contributed by atoms with Crippen LogP contribution >= 0.6 is 24.8 Å². The minimum atomic E-state index is -0.826. The summed E-state index contributed by atoms with van der Waals surface area (Å²) >= 11 is 0. The van der Waals surface area contributed by atoms with Gasteiger partial charge in [-0.05, 0) is 11.6 Å². The van der Waals surface area contributed by atoms with Crippen molar-refractivity contribution in [3.8, 4) is 0 Å². The Labute approximate surface area is 82.6 Å². The normalized spacial score (nSPS) is 7.67. The Morgan fingerprint density at radius 2 is 2.17 bits per heavy atom. The molecule has 1 rings (SSSR count). The van der Waals surface area contributed by atoms with Gasteiger partial charge in [0.2, 0.25) is 0 Å². The van der Waals surface area contributed by atoms with Gasteiger partial charge in [-0.25, -0.2) is 0 Å². The van der Waals surface area contributed by atoms with Gasteiger partial charge < -0.3 is 5.11 Å². The van der Waals surface area contributed by atoms with Gasteiger partial charge in [0.25, 0.3) is 0 Å². The third-order valence-electron chi connectivity index (χ3n) is 1.08. The third-order valence-corrected chi connectivity index (χ3v) is 1.08. The van der Waals surface area contributed by atoms with Crippen LogP contribution in [0, 0.1) is 0 Å². The molecular weight excluding hydrogens is 201 g/mol. The molecule has 1 aromatic heterocycles. The highest BCUT2D eigenvalue weighted by Gasteiger charge is 1.97. The van der Waals surface area contributed by atoms with Crippen LogP contribution in [-0.2, 0) is 11.2 Å². The molecule has 0 bridgehead atoms. The molecule has 0 fully saturated rings. The molecule has 0 aliphatic carbocycles. The minimum absolute atomic E-state index is 0. The molecule has 0 aromatic carbocycles. The SMILES string of the molecule is Cl.Cl.O=C(O)Cc1cccnc1. The lowest BCUT2D eigenvalue weighted by atomic mass is 10.2. The molecule has 1 aromatic rings. The van der Waals surface area contributed by atoms with E-state index in [1.807, 2.05) is 0 Å². The van der Waals surface area contributed by atoms with E-state index < -0.39 is 5.97 Å². The molecule has 0 atom stereocenters. The Bertz CT molecular complexity index is 228. The smallest absolute Gasteiger partial charge is 0.307 e. The van der Waals surface area contributed by atoms with Crippen LogP contribution in [0.3, 0.4) is 0 Å². The van der Waals surface area contributed by atoms with E-state index in [0.29, 0.717) is 0 Å². The Morgan fingerprint density at radius 1 is 1.50 bits per heavy atom. The van der Waals surface area contributed by atoms with E-state index in [2.05, 4.69) is 4.98 Å². The Hall–Kier alpha value is -0.800. The van der Waals surface area contributed by atoms with Gasteiger partial charge in [-0.3, -0.25) is 9.78 Å². The minimum Gasteiger partial charge on any atom is -0.481 e. The van der Waals surface area contributed by atoms with Crippen molar-refractivity contribution in [1.82, 2.24) is 4.98 Å². The molecule has 1 heterocycles. The topological polar surface area (TPSA) is 50.2 Å². The highest BCUT2D eigenvalue weighted by Crippen LogP contribution is 1.95. The second kappa shape index (κ2) is 6.88. The zero-order chi connectivity index (χ0) is 7.40. The van der Waals surface area contributed by atoms with Gasteiger partial charge in [0.15, 0.2) is 0 Å². The number of hydrogen-bond acceptors (Lipinski definition) is 2. The van der Waals surface area contributed by atoms with Crippen molar-refractivity contribution in [2.24, 2.45) is 0 Å². The summed E-state index contributed by atoms with van der Waals surface area (Å²) < 4.78 is 0. The summed E-state index contributed by atoms with van der Waals surface area (Å²) in [5.74, 6) is -0.826. The molecule has 3 nitrogen and oxygen atoms in total. The predicted molar refractivity (Wildman–Crippen MR) is 50.1 cm³/mol. The van der Waals surface area contributed by atoms with Crippen molar-refractivity contribution >= 4 is 30.8 Å². The largest absolute Gasteiger partial charge is 0.481 e. The molecule has 0 radical (unpaired) electrons. The Kier molecular flexibility index (Phi) is 7.90. The van der Waals surface area contributed by atoms with Crippen LogP contribution in [-0.4, -0.2) is 16.1 Å². The molecule has 0 aliphatic heterocycles. The second-order valence-corrected chi connectivity index (χ2v) is 1.93. The first-order valence-corrected chi connectivity index (χ1v) is 2.90. The van der Waals surface area contributed by atoms with Gasteiger partial charge in [0.05, 0.1) is 6.42 Å². The maximum atomic E-state index is 10.1. The number of halogens is 2. The van der Waals surface area contributed by atoms with E-state index in [0.717, 1.165) is 5.56 Å². The van der Waals surface area contributed by atoms with Crippen molar-refractivity contribution in [1.29, 1.82) is 0 Å². The predicted octanol–water partition coefficient (Wildman–Crippen LogP) is 1.55. The first-order chi connectivity index (χ1) is 4.79. The Balaban J connectivity index is 0. The zero-order valence-electron chi connectivity index (χ0n) is 6.14. The monoisotopic (exact) mass is 209 g/mol. The van der Waals surface area contributed by atoms with Crippen molar-refractivity contribution in [3.63, 3.8) is 0 Å². The van der Waals surface area contributed by atoms with E-state index >= 15 is 0 Å². The number of carboxylic acid groups (broad SMARTS) is 1. The van der Waals surface area contributed by atoms with Crippen LogP contribution in [0.25, 0.3) is 0 Å². The number of rotatable bonds is 2. The van der Waals surface area contributed by atoms with Crippen molar-refractivity contribution in [2.45, 2.75) is 6.42 Å². The summed E-state index contributed by atoms with van der Waals surface area (Å²) in [5.41, 5.74) is 0.731. The van der Waals surface area contributed by atoms with Gasteiger partial charge in [0.1, 0.15) is 0 Å². The molecule has 5 heteroatoms. The lowest BCUT2D eigenvalue weighted by Crippen LogP contribution is -1.99. The van der Waals surface area contributed by atoms with Gasteiger partial charge in [-0.1, -0.05) is 6.07 Å². The fraction of sp³-hybridized carbons (Fsp3) is 0.143. The van der Waals surface area contributed by atoms with Crippen LogP contribution in [0.15, 0.2) is 24.5 Å². The van der Waals surface area contributed by atoms with Gasteiger partial charge in [-0.2, -0.15) is 0 Å². The van der Waals surface area contributed by atoms with E-state index in [9.17, 15) is 4.79 Å². The number of pyridine rings is 1. The number of nitrogens with zero attached hydrogens (tertiary/aromatic N) is 1. The average Bonchev–Trinajstić information content (AvgIpc) is 1.88. The number of carbonyl (C=O) groups is 1. The van der Waals surface area contributed by atoms with Crippen LogP contribution in [0.5, 0.6) is 0 Å². The summed E-state index contributed by atoms with van der Waals surface area (Å²) in [6, 6.07) is 3.46. The molecule has 0 amide bonds. The molecule has 12 heavy (non-hydrogen) atoms. The number of hydrogen-bond donors (Lipinski definition) is 1. The van der Waals surface area contributed by atoms with E-state index in [4.69, 9.17) is 5.11 Å². The molecule has 0 aliphatic rings. The summed E-state index contributed by atoms with van der Waals surface area (Å²) in [6.45, 7) is 0. The van der Waals surface area contributed by atoms with Crippen molar-refractivity contribution in [2.75, 3.05) is 0 Å². The summed E-state index contributed by atoms with van der Waals surface area (Å²) in [5, 5.41) is 8.34. The molecule has 0 saturated carbocycles. The highest BCUT2D eigenvalue weighted by molar-refractivity contribution is 5.85. The highest BCUT2D eigenvalue weighted by atomic mass is 35.5. The second-order valence-electron chi connectivity index (χ2n) is 1.93. The van der Waals surface area contributed by atoms with Crippen molar-refractivity contribution in [3.05, 3.63) is 30.1 Å². The first kappa shape index (κ1) is 13.8. The van der Waals surface area contributed by atoms with Crippen LogP contribution in [0.1, 0.15) is 5.56 Å². The molecular formula is C7H9Cl2NO2. The van der Waals surface area contributed by atoms with Crippen LogP contribution < -0.4 is 0 Å². The van der Waals surface area contributed by atoms with E-state index in [-0.39, 0.29) is 31.2 Å². The summed E-state index contributed by atoms with van der Waals surface area (Å²) in [6.07, 6.45) is 3.22. The third kappa shape index (κ3) is 4.93. The van der Waals surface area contributed by atoms with Crippen LogP contribution in [0.2, 0.25) is 0 Å². The summed E-state index contributed by atoms with van der Waals surface area (Å²) in [7, 11) is 0. The maximum Gasteiger partial charge on any atom is 0.307 e. The number of carboxylic acids is 1. The van der Waals surface area contributed by atoms with Gasteiger partial charge in [-0.15, -0.1) is 24.8 Å². The lowest BCUT2D eigenvalue weighted by Gasteiger charge is -1.91. The molecule has 1 N–H and O–H groups in total. The van der Waals surface area contributed by atoms with E-state index in [1.54, 1.807) is 24.5 Å². The number of aromatic nitrogens is 1. The quantitative estimate of drug-likeness (QED) is 0.805. The Morgan fingerprint density at radius 3 is 2.58 bits per heavy atom.